The molecule has 0 saturated carbocycles. The first kappa shape index (κ1) is 13.6. The van der Waals surface area contributed by atoms with Gasteiger partial charge >= 0.3 is 12.3 Å². The van der Waals surface area contributed by atoms with Gasteiger partial charge in [0.1, 0.15) is 0 Å². The lowest BCUT2D eigenvalue weighted by Gasteiger charge is -2.11. The zero-order valence-corrected chi connectivity index (χ0v) is 9.52. The van der Waals surface area contributed by atoms with E-state index in [1.165, 1.54) is 6.07 Å². The minimum atomic E-state index is -4.54. The summed E-state index contributed by atoms with van der Waals surface area (Å²) in [5.41, 5.74) is 0.864. The van der Waals surface area contributed by atoms with Gasteiger partial charge in [0.2, 0.25) is 0 Å². The van der Waals surface area contributed by atoms with Crippen LogP contribution in [0, 0.1) is 6.92 Å². The summed E-state index contributed by atoms with van der Waals surface area (Å²) < 4.78 is 39.3. The van der Waals surface area contributed by atoms with Crippen molar-refractivity contribution in [3.63, 3.8) is 0 Å². The van der Waals surface area contributed by atoms with Crippen molar-refractivity contribution in [3.8, 4) is 0 Å². The maximum atomic E-state index is 11.8. The first-order valence-corrected chi connectivity index (χ1v) is 4.93. The zero-order chi connectivity index (χ0) is 13.1. The van der Waals surface area contributed by atoms with E-state index in [0.717, 1.165) is 0 Å². The predicted molar refractivity (Wildman–Crippen MR) is 57.2 cm³/mol. The van der Waals surface area contributed by atoms with Gasteiger partial charge in [-0.1, -0.05) is 17.7 Å². The van der Waals surface area contributed by atoms with E-state index in [0.29, 0.717) is 16.3 Å². The number of carbonyl (C=O) groups excluding carboxylic acids is 1. The highest BCUT2D eigenvalue weighted by atomic mass is 35.5. The summed E-state index contributed by atoms with van der Waals surface area (Å²) in [7, 11) is 0. The van der Waals surface area contributed by atoms with Crippen LogP contribution in [0.2, 0.25) is 5.02 Å². The van der Waals surface area contributed by atoms with Gasteiger partial charge in [0.15, 0.2) is 6.61 Å². The fraction of sp³-hybridized carbons (Fsp3) is 0.300. The topological polar surface area (TPSA) is 38.3 Å². The van der Waals surface area contributed by atoms with Gasteiger partial charge in [0.05, 0.1) is 0 Å². The third-order valence-electron chi connectivity index (χ3n) is 1.87. The second kappa shape index (κ2) is 5.27. The zero-order valence-electron chi connectivity index (χ0n) is 8.77. The fourth-order valence-corrected chi connectivity index (χ4v) is 1.21. The number of hydrogen-bond donors (Lipinski definition) is 1. The van der Waals surface area contributed by atoms with Gasteiger partial charge in [-0.05, 0) is 24.6 Å². The van der Waals surface area contributed by atoms with Gasteiger partial charge in [0, 0.05) is 10.7 Å². The first-order valence-electron chi connectivity index (χ1n) is 4.55. The monoisotopic (exact) mass is 267 g/mol. The van der Waals surface area contributed by atoms with E-state index in [1.807, 2.05) is 0 Å². The Labute approximate surface area is 101 Å². The Morgan fingerprint density at radius 1 is 1.47 bits per heavy atom. The Kier molecular flexibility index (Phi) is 4.22. The van der Waals surface area contributed by atoms with Crippen LogP contribution in [0.5, 0.6) is 0 Å². The summed E-state index contributed by atoms with van der Waals surface area (Å²) in [5, 5.41) is 2.58. The molecule has 0 heterocycles. The molecule has 0 bridgehead atoms. The third-order valence-corrected chi connectivity index (χ3v) is 2.28. The molecule has 1 rings (SSSR count). The Morgan fingerprint density at radius 2 is 2.12 bits per heavy atom. The minimum absolute atomic E-state index is 0.310. The van der Waals surface area contributed by atoms with Crippen molar-refractivity contribution >= 4 is 23.4 Å². The molecule has 0 radical (unpaired) electrons. The minimum Gasteiger partial charge on any atom is -0.440 e. The summed E-state index contributed by atoms with van der Waals surface area (Å²) in [6.07, 6.45) is -5.71. The van der Waals surface area contributed by atoms with Crippen molar-refractivity contribution < 1.29 is 22.7 Å². The summed E-state index contributed by atoms with van der Waals surface area (Å²) >= 11 is 5.77. The normalized spacial score (nSPS) is 11.1. The van der Waals surface area contributed by atoms with E-state index in [1.54, 1.807) is 19.1 Å². The molecular formula is C10H9ClF3NO2. The molecule has 0 spiro atoms. The van der Waals surface area contributed by atoms with Crippen molar-refractivity contribution in [2.75, 3.05) is 11.9 Å². The maximum absolute atomic E-state index is 11.8. The molecule has 0 atom stereocenters. The quantitative estimate of drug-likeness (QED) is 0.886. The second-order valence-corrected chi connectivity index (χ2v) is 3.64. The molecule has 17 heavy (non-hydrogen) atoms. The van der Waals surface area contributed by atoms with Crippen LogP contribution in [0.4, 0.5) is 23.7 Å². The Morgan fingerprint density at radius 3 is 2.71 bits per heavy atom. The number of halogens is 4. The van der Waals surface area contributed by atoms with Crippen LogP contribution in [0.1, 0.15) is 5.56 Å². The summed E-state index contributed by atoms with van der Waals surface area (Å²) in [6.45, 7) is 0.000150. The van der Waals surface area contributed by atoms with Gasteiger partial charge in [-0.3, -0.25) is 5.32 Å². The van der Waals surface area contributed by atoms with Crippen molar-refractivity contribution in [1.29, 1.82) is 0 Å². The molecule has 3 nitrogen and oxygen atoms in total. The molecule has 0 fully saturated rings. The summed E-state index contributed by atoms with van der Waals surface area (Å²) in [6, 6.07) is 4.67. The first-order chi connectivity index (χ1) is 7.79. The highest BCUT2D eigenvalue weighted by molar-refractivity contribution is 6.31. The Balaban J connectivity index is 2.60. The van der Waals surface area contributed by atoms with Gasteiger partial charge < -0.3 is 4.74 Å². The van der Waals surface area contributed by atoms with Crippen LogP contribution in [-0.2, 0) is 4.74 Å². The van der Waals surface area contributed by atoms with Crippen LogP contribution < -0.4 is 5.32 Å². The molecule has 94 valence electrons. The summed E-state index contributed by atoms with van der Waals surface area (Å²) in [4.78, 5) is 11.0. The number of amides is 1. The molecule has 0 aromatic heterocycles. The largest absolute Gasteiger partial charge is 0.440 e. The number of rotatable bonds is 2. The number of benzene rings is 1. The van der Waals surface area contributed by atoms with E-state index in [9.17, 15) is 18.0 Å². The number of alkyl halides is 3. The van der Waals surface area contributed by atoms with E-state index in [-0.39, 0.29) is 0 Å². The molecule has 0 aliphatic heterocycles. The second-order valence-electron chi connectivity index (χ2n) is 3.23. The SMILES string of the molecule is Cc1c(Cl)cccc1NC(=O)OCC(F)(F)F. The predicted octanol–water partition coefficient (Wildman–Crippen LogP) is 3.76. The van der Waals surface area contributed by atoms with Crippen molar-refractivity contribution in [3.05, 3.63) is 28.8 Å². The number of anilines is 1. The Hall–Kier alpha value is -1.43. The van der Waals surface area contributed by atoms with Crippen molar-refractivity contribution in [1.82, 2.24) is 0 Å². The average molecular weight is 268 g/mol. The van der Waals surface area contributed by atoms with Gasteiger partial charge in [-0.15, -0.1) is 0 Å². The molecule has 1 amide bonds. The molecule has 7 heteroatoms. The number of nitrogens with one attached hydrogen (secondary N) is 1. The van der Waals surface area contributed by atoms with Crippen LogP contribution in [0.25, 0.3) is 0 Å². The van der Waals surface area contributed by atoms with Crippen LogP contribution in [0.15, 0.2) is 18.2 Å². The average Bonchev–Trinajstić information content (AvgIpc) is 2.21. The molecule has 0 aliphatic carbocycles. The number of carbonyl (C=O) groups is 1. The van der Waals surface area contributed by atoms with Crippen molar-refractivity contribution in [2.24, 2.45) is 0 Å². The molecule has 0 saturated heterocycles. The number of hydrogen-bond acceptors (Lipinski definition) is 2. The summed E-state index contributed by atoms with van der Waals surface area (Å²) in [5.74, 6) is 0. The van der Waals surface area contributed by atoms with E-state index >= 15 is 0 Å². The molecule has 0 aliphatic rings. The maximum Gasteiger partial charge on any atom is 0.422 e. The Bertz CT molecular complexity index is 421. The smallest absolute Gasteiger partial charge is 0.422 e. The van der Waals surface area contributed by atoms with Gasteiger partial charge in [0.25, 0.3) is 0 Å². The number of ether oxygens (including phenoxy) is 1. The fourth-order valence-electron chi connectivity index (χ4n) is 1.04. The van der Waals surface area contributed by atoms with Gasteiger partial charge in [-0.2, -0.15) is 13.2 Å². The third kappa shape index (κ3) is 4.52. The molecule has 0 unspecified atom stereocenters. The lowest BCUT2D eigenvalue weighted by molar-refractivity contribution is -0.159. The molecular weight excluding hydrogens is 259 g/mol. The highest BCUT2D eigenvalue weighted by Gasteiger charge is 2.29. The van der Waals surface area contributed by atoms with Crippen LogP contribution in [0.3, 0.4) is 0 Å². The van der Waals surface area contributed by atoms with E-state index < -0.39 is 18.9 Å². The lowest BCUT2D eigenvalue weighted by atomic mass is 10.2. The van der Waals surface area contributed by atoms with Crippen LogP contribution in [-0.4, -0.2) is 18.9 Å². The standard InChI is InChI=1S/C10H9ClF3NO2/c1-6-7(11)3-2-4-8(6)15-9(16)17-5-10(12,13)14/h2-4H,5H2,1H3,(H,15,16). The molecule has 1 aromatic rings. The molecule has 1 aromatic carbocycles. The van der Waals surface area contributed by atoms with E-state index in [4.69, 9.17) is 11.6 Å². The van der Waals surface area contributed by atoms with E-state index in [2.05, 4.69) is 10.1 Å². The molecule has 1 N–H and O–H groups in total. The van der Waals surface area contributed by atoms with Crippen molar-refractivity contribution in [2.45, 2.75) is 13.1 Å². The van der Waals surface area contributed by atoms with Crippen LogP contribution >= 0.6 is 11.6 Å². The lowest BCUT2D eigenvalue weighted by Crippen LogP contribution is -2.23. The van der Waals surface area contributed by atoms with Gasteiger partial charge in [-0.25, -0.2) is 4.79 Å². The highest BCUT2D eigenvalue weighted by Crippen LogP contribution is 2.23.